The van der Waals surface area contributed by atoms with Crippen LogP contribution in [0, 0.1) is 0 Å². The molecular formula is C25H32ClN3O2S. The summed E-state index contributed by atoms with van der Waals surface area (Å²) in [6.45, 7) is 0. The highest BCUT2D eigenvalue weighted by molar-refractivity contribution is 8.14. The second-order valence-corrected chi connectivity index (χ2v) is 10.9. The Kier molecular flexibility index (Phi) is 6.98. The van der Waals surface area contributed by atoms with Crippen molar-refractivity contribution in [1.29, 1.82) is 0 Å². The van der Waals surface area contributed by atoms with Crippen LogP contribution in [-0.2, 0) is 9.53 Å². The number of hydrogen-bond donors (Lipinski definition) is 2. The van der Waals surface area contributed by atoms with Crippen LogP contribution in [0.1, 0.15) is 76.3 Å². The molecule has 0 saturated heterocycles. The molecule has 5 nitrogen and oxygen atoms in total. The Labute approximate surface area is 199 Å². The van der Waals surface area contributed by atoms with Crippen LogP contribution >= 0.6 is 23.4 Å². The van der Waals surface area contributed by atoms with E-state index in [9.17, 15) is 4.79 Å². The van der Waals surface area contributed by atoms with Crippen molar-refractivity contribution in [2.45, 2.75) is 88.8 Å². The number of aromatic amines is 1. The van der Waals surface area contributed by atoms with Crippen LogP contribution in [0.15, 0.2) is 23.2 Å². The zero-order valence-corrected chi connectivity index (χ0v) is 20.1. The molecule has 3 aliphatic rings. The van der Waals surface area contributed by atoms with Gasteiger partial charge in [-0.3, -0.25) is 9.79 Å². The number of nitrogens with zero attached hydrogens (tertiary/aromatic N) is 1. The van der Waals surface area contributed by atoms with Crippen LogP contribution in [0.3, 0.4) is 0 Å². The Morgan fingerprint density at radius 1 is 1.12 bits per heavy atom. The summed E-state index contributed by atoms with van der Waals surface area (Å²) >= 11 is 8.17. The lowest BCUT2D eigenvalue weighted by atomic mass is 9.98. The molecule has 0 spiro atoms. The largest absolute Gasteiger partial charge is 0.462 e. The van der Waals surface area contributed by atoms with Gasteiger partial charge in [0.2, 0.25) is 0 Å². The van der Waals surface area contributed by atoms with Gasteiger partial charge in [0, 0.05) is 28.6 Å². The monoisotopic (exact) mass is 473 g/mol. The Bertz CT molecular complexity index is 992. The van der Waals surface area contributed by atoms with E-state index >= 15 is 0 Å². The van der Waals surface area contributed by atoms with Crippen LogP contribution in [0.25, 0.3) is 10.9 Å². The second-order valence-electron chi connectivity index (χ2n) is 9.41. The standard InChI is InChI=1S/C25H32ClN3O2S/c26-17-12-16-13-22(29-24(16)21(14-17)27-18-6-4-5-7-18)25-28-19(15-32-25)10-11-23(30)31-20-8-2-1-3-9-20/h12-14,18-20,27,29H,1-11,15H2. The molecule has 7 heteroatoms. The smallest absolute Gasteiger partial charge is 0.306 e. The van der Waals surface area contributed by atoms with Gasteiger partial charge in [0.1, 0.15) is 11.1 Å². The lowest BCUT2D eigenvalue weighted by molar-refractivity contribution is -0.150. The maximum absolute atomic E-state index is 12.2. The third-order valence-electron chi connectivity index (χ3n) is 6.88. The molecule has 1 unspecified atom stereocenters. The van der Waals surface area contributed by atoms with Crippen LogP contribution in [0.5, 0.6) is 0 Å². The van der Waals surface area contributed by atoms with Gasteiger partial charge in [0.05, 0.1) is 22.9 Å². The molecule has 0 amide bonds. The number of carbonyl (C=O) groups excluding carboxylic acids is 1. The number of ether oxygens (including phenoxy) is 1. The van der Waals surface area contributed by atoms with Gasteiger partial charge >= 0.3 is 5.97 Å². The van der Waals surface area contributed by atoms with Gasteiger partial charge in [-0.1, -0.05) is 30.9 Å². The number of aromatic nitrogens is 1. The predicted octanol–water partition coefficient (Wildman–Crippen LogP) is 6.69. The van der Waals surface area contributed by atoms with Crippen molar-refractivity contribution >= 4 is 51.0 Å². The summed E-state index contributed by atoms with van der Waals surface area (Å²) in [7, 11) is 0. The number of benzene rings is 1. The lowest BCUT2D eigenvalue weighted by Gasteiger charge is -2.21. The summed E-state index contributed by atoms with van der Waals surface area (Å²) in [5, 5.41) is 6.57. The minimum absolute atomic E-state index is 0.0616. The average molecular weight is 474 g/mol. The highest BCUT2D eigenvalue weighted by Gasteiger charge is 2.24. The molecule has 5 rings (SSSR count). The van der Waals surface area contributed by atoms with Gasteiger partial charge in [0.25, 0.3) is 0 Å². The minimum atomic E-state index is -0.0616. The van der Waals surface area contributed by atoms with Gasteiger partial charge in [-0.25, -0.2) is 0 Å². The molecule has 0 radical (unpaired) electrons. The first-order chi connectivity index (χ1) is 15.6. The Balaban J connectivity index is 1.23. The number of aliphatic imine (C=N–C) groups is 1. The maximum atomic E-state index is 12.2. The van der Waals surface area contributed by atoms with E-state index in [-0.39, 0.29) is 18.1 Å². The Hall–Kier alpha value is -1.66. The van der Waals surface area contributed by atoms with E-state index < -0.39 is 0 Å². The molecule has 2 fully saturated rings. The van der Waals surface area contributed by atoms with Crippen LogP contribution in [0.2, 0.25) is 5.02 Å². The van der Waals surface area contributed by atoms with Crippen molar-refractivity contribution in [3.05, 3.63) is 28.9 Å². The fourth-order valence-electron chi connectivity index (χ4n) is 5.15. The summed E-state index contributed by atoms with van der Waals surface area (Å²) in [6.07, 6.45) is 12.0. The number of carbonyl (C=O) groups is 1. The number of esters is 1. The van der Waals surface area contributed by atoms with E-state index in [4.69, 9.17) is 21.3 Å². The molecule has 2 aromatic rings. The quantitative estimate of drug-likeness (QED) is 0.439. The SMILES string of the molecule is O=C(CCC1CSC(c2cc3cc(Cl)cc(NC4CCCC4)c3[nH]2)=N1)OC1CCCCC1. The van der Waals surface area contributed by atoms with Crippen molar-refractivity contribution in [3.63, 3.8) is 0 Å². The topological polar surface area (TPSA) is 66.5 Å². The van der Waals surface area contributed by atoms with Crippen LogP contribution in [0.4, 0.5) is 5.69 Å². The third kappa shape index (κ3) is 5.28. The number of hydrogen-bond acceptors (Lipinski definition) is 5. The van der Waals surface area contributed by atoms with E-state index in [2.05, 4.69) is 16.4 Å². The summed E-state index contributed by atoms with van der Waals surface area (Å²) in [6, 6.07) is 6.87. The van der Waals surface area contributed by atoms with Crippen molar-refractivity contribution in [1.82, 2.24) is 4.98 Å². The van der Waals surface area contributed by atoms with Crippen LogP contribution < -0.4 is 5.32 Å². The number of anilines is 1. The van der Waals surface area contributed by atoms with Gasteiger partial charge in [-0.05, 0) is 63.1 Å². The van der Waals surface area contributed by atoms with E-state index in [1.165, 1.54) is 44.9 Å². The average Bonchev–Trinajstić information content (AvgIpc) is 3.53. The second kappa shape index (κ2) is 10.1. The van der Waals surface area contributed by atoms with E-state index in [1.807, 2.05) is 12.1 Å². The first-order valence-electron chi connectivity index (χ1n) is 12.1. The lowest BCUT2D eigenvalue weighted by Crippen LogP contribution is -2.21. The predicted molar refractivity (Wildman–Crippen MR) is 134 cm³/mol. The number of thioether (sulfide) groups is 1. The molecule has 1 aromatic heterocycles. The molecular weight excluding hydrogens is 442 g/mol. The van der Waals surface area contributed by atoms with Gasteiger partial charge in [0.15, 0.2) is 0 Å². The molecule has 2 heterocycles. The van der Waals surface area contributed by atoms with E-state index in [0.717, 1.165) is 57.4 Å². The maximum Gasteiger partial charge on any atom is 0.306 e. The van der Waals surface area contributed by atoms with Crippen molar-refractivity contribution < 1.29 is 9.53 Å². The first-order valence-corrected chi connectivity index (χ1v) is 13.5. The fraction of sp³-hybridized carbons (Fsp3) is 0.600. The Morgan fingerprint density at radius 2 is 1.91 bits per heavy atom. The van der Waals surface area contributed by atoms with Crippen LogP contribution in [-0.4, -0.2) is 39.9 Å². The molecule has 32 heavy (non-hydrogen) atoms. The molecule has 2 saturated carbocycles. The number of halogens is 1. The van der Waals surface area contributed by atoms with Crippen molar-refractivity contribution in [3.8, 4) is 0 Å². The highest BCUT2D eigenvalue weighted by atomic mass is 35.5. The third-order valence-corrected chi connectivity index (χ3v) is 8.25. The molecule has 2 aliphatic carbocycles. The summed E-state index contributed by atoms with van der Waals surface area (Å²) in [5.74, 6) is 0.850. The normalized spacial score (nSPS) is 22.4. The van der Waals surface area contributed by atoms with E-state index in [1.54, 1.807) is 11.8 Å². The molecule has 2 N–H and O–H groups in total. The number of rotatable bonds is 7. The zero-order valence-electron chi connectivity index (χ0n) is 18.5. The molecule has 172 valence electrons. The summed E-state index contributed by atoms with van der Waals surface area (Å²) < 4.78 is 5.66. The summed E-state index contributed by atoms with van der Waals surface area (Å²) in [4.78, 5) is 20.7. The number of nitrogens with one attached hydrogen (secondary N) is 2. The molecule has 1 aromatic carbocycles. The van der Waals surface area contributed by atoms with Gasteiger partial charge in [-0.15, -0.1) is 11.8 Å². The fourth-order valence-corrected chi connectivity index (χ4v) is 6.46. The van der Waals surface area contributed by atoms with Gasteiger partial charge < -0.3 is 15.0 Å². The number of H-pyrrole nitrogens is 1. The van der Waals surface area contributed by atoms with Crippen molar-refractivity contribution in [2.75, 3.05) is 11.1 Å². The first kappa shape index (κ1) is 22.1. The summed E-state index contributed by atoms with van der Waals surface area (Å²) in [5.41, 5.74) is 3.21. The van der Waals surface area contributed by atoms with Gasteiger partial charge in [-0.2, -0.15) is 0 Å². The van der Waals surface area contributed by atoms with Crippen molar-refractivity contribution in [2.24, 2.45) is 4.99 Å². The van der Waals surface area contributed by atoms with E-state index in [0.29, 0.717) is 12.5 Å². The highest BCUT2D eigenvalue weighted by Crippen LogP contribution is 2.34. The molecule has 0 bridgehead atoms. The minimum Gasteiger partial charge on any atom is -0.462 e. The number of fused-ring (bicyclic) bond motifs is 1. The molecule has 1 aliphatic heterocycles. The zero-order chi connectivity index (χ0) is 21.9. The molecule has 1 atom stereocenters. The Morgan fingerprint density at radius 3 is 2.72 bits per heavy atom.